The standard InChI is InChI=1S/C18H12Br2NO3P/c19-11-1-7-17-15(9-11)16-10-12(20)2-8-18(16)21(17)13-3-5-14(6-4-13)25(22,23)24/h1-10H,(H2,22,23,24). The maximum Gasteiger partial charge on any atom is 0.356 e. The zero-order chi connectivity index (χ0) is 17.8. The SMILES string of the molecule is O=P(O)(O)c1ccc(-n2c3ccc(Br)cc3c3cc(Br)ccc32)cc1. The fraction of sp³-hybridized carbons (Fsp3) is 0. The third kappa shape index (κ3) is 2.98. The molecule has 25 heavy (non-hydrogen) atoms. The van der Waals surface area contributed by atoms with Gasteiger partial charge in [-0.1, -0.05) is 31.9 Å². The van der Waals surface area contributed by atoms with Crippen molar-refractivity contribution in [3.8, 4) is 5.69 Å². The van der Waals surface area contributed by atoms with Crippen LogP contribution in [-0.4, -0.2) is 14.4 Å². The van der Waals surface area contributed by atoms with Crippen LogP contribution in [0.1, 0.15) is 0 Å². The van der Waals surface area contributed by atoms with Gasteiger partial charge in [-0.15, -0.1) is 0 Å². The maximum absolute atomic E-state index is 11.4. The van der Waals surface area contributed by atoms with E-state index in [-0.39, 0.29) is 5.30 Å². The van der Waals surface area contributed by atoms with Gasteiger partial charge in [-0.05, 0) is 60.7 Å². The van der Waals surface area contributed by atoms with Gasteiger partial charge in [0, 0.05) is 25.4 Å². The van der Waals surface area contributed by atoms with Crippen LogP contribution in [0.2, 0.25) is 0 Å². The van der Waals surface area contributed by atoms with Gasteiger partial charge in [0.15, 0.2) is 0 Å². The number of nitrogens with zero attached hydrogens (tertiary/aromatic N) is 1. The molecule has 0 aliphatic rings. The molecule has 0 saturated heterocycles. The summed E-state index contributed by atoms with van der Waals surface area (Å²) in [5.41, 5.74) is 2.90. The Morgan fingerprint density at radius 3 is 1.68 bits per heavy atom. The zero-order valence-corrected chi connectivity index (χ0v) is 16.8. The number of hydrogen-bond donors (Lipinski definition) is 2. The molecular weight excluding hydrogens is 469 g/mol. The molecule has 0 fully saturated rings. The van der Waals surface area contributed by atoms with Crippen LogP contribution in [0.3, 0.4) is 0 Å². The molecule has 0 radical (unpaired) electrons. The second kappa shape index (κ2) is 6.08. The van der Waals surface area contributed by atoms with Crippen LogP contribution >= 0.6 is 39.5 Å². The highest BCUT2D eigenvalue weighted by Crippen LogP contribution is 2.36. The summed E-state index contributed by atoms with van der Waals surface area (Å²) in [5, 5.41) is 2.22. The van der Waals surface area contributed by atoms with Gasteiger partial charge in [-0.25, -0.2) is 0 Å². The van der Waals surface area contributed by atoms with Crippen molar-refractivity contribution in [3.63, 3.8) is 0 Å². The molecule has 1 aromatic heterocycles. The molecule has 0 amide bonds. The lowest BCUT2D eigenvalue weighted by atomic mass is 10.2. The average molecular weight is 481 g/mol. The summed E-state index contributed by atoms with van der Waals surface area (Å²) in [6.07, 6.45) is 0. The third-order valence-corrected chi connectivity index (χ3v) is 6.09. The smallest absolute Gasteiger partial charge is 0.321 e. The Bertz CT molecular complexity index is 1100. The molecule has 2 N–H and O–H groups in total. The first kappa shape index (κ1) is 17.0. The largest absolute Gasteiger partial charge is 0.356 e. The molecule has 0 unspecified atom stereocenters. The van der Waals surface area contributed by atoms with E-state index in [1.165, 1.54) is 12.1 Å². The monoisotopic (exact) mass is 479 g/mol. The first-order chi connectivity index (χ1) is 11.8. The lowest BCUT2D eigenvalue weighted by Crippen LogP contribution is -2.04. The molecule has 3 aromatic carbocycles. The molecule has 0 spiro atoms. The van der Waals surface area contributed by atoms with Crippen LogP contribution in [0.15, 0.2) is 69.6 Å². The second-order valence-electron chi connectivity index (χ2n) is 5.72. The molecule has 0 saturated carbocycles. The first-order valence-corrected chi connectivity index (χ1v) is 10.6. The van der Waals surface area contributed by atoms with E-state index in [2.05, 4.69) is 48.6 Å². The Morgan fingerprint density at radius 2 is 1.24 bits per heavy atom. The minimum Gasteiger partial charge on any atom is -0.321 e. The van der Waals surface area contributed by atoms with Crippen LogP contribution in [0, 0.1) is 0 Å². The number of fused-ring (bicyclic) bond motifs is 3. The van der Waals surface area contributed by atoms with Crippen molar-refractivity contribution < 1.29 is 14.4 Å². The van der Waals surface area contributed by atoms with E-state index in [9.17, 15) is 14.4 Å². The van der Waals surface area contributed by atoms with Crippen molar-refractivity contribution in [2.24, 2.45) is 0 Å². The predicted molar refractivity (Wildman–Crippen MR) is 108 cm³/mol. The van der Waals surface area contributed by atoms with Gasteiger partial charge in [0.05, 0.1) is 16.3 Å². The molecule has 4 nitrogen and oxygen atoms in total. The fourth-order valence-electron chi connectivity index (χ4n) is 3.04. The van der Waals surface area contributed by atoms with Gasteiger partial charge in [0.1, 0.15) is 0 Å². The van der Waals surface area contributed by atoms with Gasteiger partial charge < -0.3 is 14.4 Å². The first-order valence-electron chi connectivity index (χ1n) is 7.40. The fourth-order valence-corrected chi connectivity index (χ4v) is 4.30. The summed E-state index contributed by atoms with van der Waals surface area (Å²) in [7, 11) is -4.25. The molecule has 0 aliphatic carbocycles. The van der Waals surface area contributed by atoms with E-state index in [4.69, 9.17) is 0 Å². The Labute approximate surface area is 160 Å². The molecule has 7 heteroatoms. The highest BCUT2D eigenvalue weighted by Gasteiger charge is 2.18. The number of rotatable bonds is 2. The van der Waals surface area contributed by atoms with E-state index >= 15 is 0 Å². The predicted octanol–water partition coefficient (Wildman–Crippen LogP) is 5.11. The normalized spacial score (nSPS) is 12.2. The lowest BCUT2D eigenvalue weighted by Gasteiger charge is -2.10. The number of halogens is 2. The Hall–Kier alpha value is -1.43. The Kier molecular flexibility index (Phi) is 4.13. The summed E-state index contributed by atoms with van der Waals surface area (Å²) < 4.78 is 15.5. The van der Waals surface area contributed by atoms with Crippen LogP contribution in [0.4, 0.5) is 0 Å². The molecule has 0 atom stereocenters. The minimum atomic E-state index is -4.25. The van der Waals surface area contributed by atoms with Crippen molar-refractivity contribution in [1.82, 2.24) is 4.57 Å². The molecule has 126 valence electrons. The van der Waals surface area contributed by atoms with Crippen LogP contribution in [0.25, 0.3) is 27.5 Å². The average Bonchev–Trinajstić information content (AvgIpc) is 2.87. The number of benzene rings is 3. The molecule has 4 aromatic rings. The number of aromatic nitrogens is 1. The van der Waals surface area contributed by atoms with Crippen LogP contribution in [-0.2, 0) is 4.57 Å². The van der Waals surface area contributed by atoms with Gasteiger partial charge in [0.25, 0.3) is 0 Å². The topological polar surface area (TPSA) is 62.5 Å². The zero-order valence-electron chi connectivity index (χ0n) is 12.7. The lowest BCUT2D eigenvalue weighted by molar-refractivity contribution is 0.387. The van der Waals surface area contributed by atoms with E-state index in [1.807, 2.05) is 24.3 Å². The van der Waals surface area contributed by atoms with Crippen molar-refractivity contribution in [1.29, 1.82) is 0 Å². The van der Waals surface area contributed by atoms with E-state index in [0.717, 1.165) is 36.4 Å². The Balaban J connectivity index is 2.04. The van der Waals surface area contributed by atoms with Gasteiger partial charge in [0.2, 0.25) is 0 Å². The van der Waals surface area contributed by atoms with E-state index in [0.29, 0.717) is 0 Å². The summed E-state index contributed by atoms with van der Waals surface area (Å²) in [4.78, 5) is 18.6. The highest BCUT2D eigenvalue weighted by atomic mass is 79.9. The maximum atomic E-state index is 11.4. The third-order valence-electron chi connectivity index (χ3n) is 4.13. The number of hydrogen-bond acceptors (Lipinski definition) is 1. The minimum absolute atomic E-state index is 0.0162. The Morgan fingerprint density at radius 1 is 0.760 bits per heavy atom. The van der Waals surface area contributed by atoms with Crippen molar-refractivity contribution >= 4 is 66.6 Å². The van der Waals surface area contributed by atoms with E-state index in [1.54, 1.807) is 12.1 Å². The molecule has 0 bridgehead atoms. The molecule has 4 rings (SSSR count). The highest BCUT2D eigenvalue weighted by molar-refractivity contribution is 9.10. The molecular formula is C18H12Br2NO3P. The van der Waals surface area contributed by atoms with Crippen molar-refractivity contribution in [3.05, 3.63) is 69.6 Å². The van der Waals surface area contributed by atoms with Crippen LogP contribution < -0.4 is 5.30 Å². The van der Waals surface area contributed by atoms with Gasteiger partial charge >= 0.3 is 7.60 Å². The van der Waals surface area contributed by atoms with E-state index < -0.39 is 7.60 Å². The van der Waals surface area contributed by atoms with Gasteiger partial charge in [-0.2, -0.15) is 0 Å². The van der Waals surface area contributed by atoms with Gasteiger partial charge in [-0.3, -0.25) is 4.57 Å². The summed E-state index contributed by atoms with van der Waals surface area (Å²) in [6.45, 7) is 0. The summed E-state index contributed by atoms with van der Waals surface area (Å²) in [6, 6.07) is 18.6. The molecule has 0 aliphatic heterocycles. The van der Waals surface area contributed by atoms with Crippen LogP contribution in [0.5, 0.6) is 0 Å². The summed E-state index contributed by atoms with van der Waals surface area (Å²) in [5.74, 6) is 0. The van der Waals surface area contributed by atoms with Crippen molar-refractivity contribution in [2.45, 2.75) is 0 Å². The molecule has 1 heterocycles. The quantitative estimate of drug-likeness (QED) is 0.392. The second-order valence-corrected chi connectivity index (χ2v) is 9.15. The van der Waals surface area contributed by atoms with Crippen molar-refractivity contribution in [2.75, 3.05) is 0 Å². The summed E-state index contributed by atoms with van der Waals surface area (Å²) >= 11 is 7.05.